The van der Waals surface area contributed by atoms with Crippen molar-refractivity contribution in [2.24, 2.45) is 0 Å². The molecule has 4 heterocycles. The van der Waals surface area contributed by atoms with Gasteiger partial charge in [0.1, 0.15) is 17.9 Å². The maximum absolute atomic E-state index is 13.2. The maximum atomic E-state index is 13.2. The van der Waals surface area contributed by atoms with E-state index >= 15 is 0 Å². The first kappa shape index (κ1) is 18.4. The molecule has 0 aliphatic heterocycles. The monoisotopic (exact) mass is 403 g/mol. The predicted octanol–water partition coefficient (Wildman–Crippen LogP) is 4.43. The summed E-state index contributed by atoms with van der Waals surface area (Å²) in [5, 5.41) is 3.54. The van der Waals surface area contributed by atoms with Crippen LogP contribution in [0.1, 0.15) is 35.9 Å². The lowest BCUT2D eigenvalue weighted by molar-refractivity contribution is 0.102. The van der Waals surface area contributed by atoms with Crippen LogP contribution in [-0.4, -0.2) is 33.4 Å². The van der Waals surface area contributed by atoms with Gasteiger partial charge in [-0.2, -0.15) is 0 Å². The van der Waals surface area contributed by atoms with Crippen LogP contribution in [0.2, 0.25) is 0 Å². The molecular weight excluding hydrogens is 382 g/mol. The quantitative estimate of drug-likeness (QED) is 0.526. The van der Waals surface area contributed by atoms with E-state index in [-0.39, 0.29) is 11.4 Å². The third-order valence-corrected chi connectivity index (χ3v) is 5.81. The molecule has 8 nitrogen and oxygen atoms in total. The van der Waals surface area contributed by atoms with E-state index in [4.69, 9.17) is 8.83 Å². The number of furan rings is 2. The second-order valence-electron chi connectivity index (χ2n) is 7.86. The van der Waals surface area contributed by atoms with Gasteiger partial charge < -0.3 is 19.1 Å². The van der Waals surface area contributed by atoms with Gasteiger partial charge in [-0.3, -0.25) is 9.78 Å². The second kappa shape index (κ2) is 6.69. The van der Waals surface area contributed by atoms with Crippen LogP contribution < -0.4 is 10.2 Å². The van der Waals surface area contributed by atoms with Gasteiger partial charge >= 0.3 is 0 Å². The molecule has 152 valence electrons. The fourth-order valence-corrected chi connectivity index (χ4v) is 3.57. The number of nitrogens with zero attached hydrogens (tertiary/aromatic N) is 4. The van der Waals surface area contributed by atoms with E-state index in [1.807, 2.05) is 19.2 Å². The number of anilines is 2. The first-order valence-electron chi connectivity index (χ1n) is 9.74. The van der Waals surface area contributed by atoms with Crippen molar-refractivity contribution < 1.29 is 13.6 Å². The number of hydrogen-bond donors (Lipinski definition) is 1. The van der Waals surface area contributed by atoms with Gasteiger partial charge in [-0.25, -0.2) is 9.97 Å². The highest BCUT2D eigenvalue weighted by molar-refractivity contribution is 6.15. The van der Waals surface area contributed by atoms with Crippen LogP contribution in [0.3, 0.4) is 0 Å². The summed E-state index contributed by atoms with van der Waals surface area (Å²) in [5.74, 6) is 0.923. The summed E-state index contributed by atoms with van der Waals surface area (Å²) in [6.45, 7) is 3.94. The average Bonchev–Trinajstić information content (AvgIpc) is 3.15. The van der Waals surface area contributed by atoms with Gasteiger partial charge in [0.15, 0.2) is 0 Å². The lowest BCUT2D eigenvalue weighted by Crippen LogP contribution is -2.31. The molecule has 1 fully saturated rings. The lowest BCUT2D eigenvalue weighted by Gasteiger charge is -2.26. The number of pyridine rings is 1. The molecule has 0 unspecified atom stereocenters. The topological polar surface area (TPSA) is 97.3 Å². The second-order valence-corrected chi connectivity index (χ2v) is 7.86. The minimum absolute atomic E-state index is 0.0487. The van der Waals surface area contributed by atoms with Crippen LogP contribution in [-0.2, 0) is 0 Å². The number of hydrogen-bond acceptors (Lipinski definition) is 7. The molecule has 0 aromatic carbocycles. The summed E-state index contributed by atoms with van der Waals surface area (Å²) in [5.41, 5.74) is 3.13. The Labute approximate surface area is 172 Å². The number of aryl methyl sites for hydroxylation is 1. The van der Waals surface area contributed by atoms with Crippen molar-refractivity contribution in [3.05, 3.63) is 54.6 Å². The Hall–Kier alpha value is -3.68. The van der Waals surface area contributed by atoms with Crippen molar-refractivity contribution in [3.8, 4) is 11.3 Å². The first-order chi connectivity index (χ1) is 14.5. The van der Waals surface area contributed by atoms with Crippen molar-refractivity contribution >= 4 is 28.5 Å². The van der Waals surface area contributed by atoms with Gasteiger partial charge in [-0.15, -0.1) is 0 Å². The molecule has 30 heavy (non-hydrogen) atoms. The normalized spacial score (nSPS) is 14.6. The highest BCUT2D eigenvalue weighted by Gasteiger charge is 2.43. The Balaban J connectivity index is 1.48. The predicted molar refractivity (Wildman–Crippen MR) is 112 cm³/mol. The van der Waals surface area contributed by atoms with Crippen LogP contribution in [0.5, 0.6) is 0 Å². The highest BCUT2D eigenvalue weighted by Crippen LogP contribution is 2.44. The summed E-state index contributed by atoms with van der Waals surface area (Å²) in [7, 11) is 2.00. The SMILES string of the molecule is Cc1oc2ncnc(N(C)C3(C)CC3)c2c1C(=O)Nc1ccc(-c2ccoc2)nc1. The molecule has 0 saturated heterocycles. The van der Waals surface area contributed by atoms with Crippen LogP contribution >= 0.6 is 0 Å². The summed E-state index contributed by atoms with van der Waals surface area (Å²) < 4.78 is 10.9. The minimum atomic E-state index is -0.283. The Bertz CT molecular complexity index is 1220. The van der Waals surface area contributed by atoms with Crippen molar-refractivity contribution in [3.63, 3.8) is 0 Å². The van der Waals surface area contributed by atoms with E-state index in [1.165, 1.54) is 6.33 Å². The maximum Gasteiger partial charge on any atom is 0.260 e. The van der Waals surface area contributed by atoms with Gasteiger partial charge in [0, 0.05) is 18.2 Å². The summed E-state index contributed by atoms with van der Waals surface area (Å²) >= 11 is 0. The average molecular weight is 403 g/mol. The molecular formula is C22H21N5O3. The van der Waals surface area contributed by atoms with Gasteiger partial charge in [-0.05, 0) is 44.9 Å². The number of rotatable bonds is 5. The molecule has 8 heteroatoms. The molecule has 0 bridgehead atoms. The van der Waals surface area contributed by atoms with E-state index < -0.39 is 0 Å². The van der Waals surface area contributed by atoms with Gasteiger partial charge in [-0.1, -0.05) is 0 Å². The third kappa shape index (κ3) is 3.01. The molecule has 0 radical (unpaired) electrons. The molecule has 5 rings (SSSR count). The van der Waals surface area contributed by atoms with E-state index in [2.05, 4.69) is 32.1 Å². The number of carbonyl (C=O) groups is 1. The number of aromatic nitrogens is 3. The van der Waals surface area contributed by atoms with Crippen molar-refractivity contribution in [2.45, 2.75) is 32.2 Å². The lowest BCUT2D eigenvalue weighted by atomic mass is 10.1. The van der Waals surface area contributed by atoms with Crippen molar-refractivity contribution in [1.82, 2.24) is 15.0 Å². The Morgan fingerprint density at radius 3 is 2.70 bits per heavy atom. The van der Waals surface area contributed by atoms with Gasteiger partial charge in [0.25, 0.3) is 5.91 Å². The van der Waals surface area contributed by atoms with Gasteiger partial charge in [0.2, 0.25) is 5.71 Å². The fraction of sp³-hybridized carbons (Fsp3) is 0.273. The first-order valence-corrected chi connectivity index (χ1v) is 9.74. The molecule has 1 saturated carbocycles. The van der Waals surface area contributed by atoms with E-state index in [1.54, 1.807) is 31.7 Å². The fourth-order valence-electron chi connectivity index (χ4n) is 3.57. The third-order valence-electron chi connectivity index (χ3n) is 5.81. The molecule has 4 aromatic heterocycles. The number of nitrogens with one attached hydrogen (secondary N) is 1. The molecule has 1 N–H and O–H groups in total. The van der Waals surface area contributed by atoms with Crippen molar-refractivity contribution in [1.29, 1.82) is 0 Å². The molecule has 1 aliphatic rings. The molecule has 0 atom stereocenters. The minimum Gasteiger partial charge on any atom is -0.472 e. The Kier molecular flexibility index (Phi) is 4.09. The zero-order chi connectivity index (χ0) is 20.9. The van der Waals surface area contributed by atoms with Crippen LogP contribution in [0.4, 0.5) is 11.5 Å². The number of amides is 1. The van der Waals surface area contributed by atoms with Crippen molar-refractivity contribution in [2.75, 3.05) is 17.3 Å². The summed E-state index contributed by atoms with van der Waals surface area (Å²) in [6.07, 6.45) is 8.48. The zero-order valence-electron chi connectivity index (χ0n) is 17.0. The Morgan fingerprint density at radius 2 is 2.03 bits per heavy atom. The summed E-state index contributed by atoms with van der Waals surface area (Å²) in [4.78, 5) is 28.4. The van der Waals surface area contributed by atoms with Crippen LogP contribution in [0.15, 0.2) is 52.1 Å². The van der Waals surface area contributed by atoms with Gasteiger partial charge in [0.05, 0.1) is 41.1 Å². The smallest absolute Gasteiger partial charge is 0.260 e. The van der Waals surface area contributed by atoms with Crippen LogP contribution in [0, 0.1) is 6.92 Å². The number of fused-ring (bicyclic) bond motifs is 1. The van der Waals surface area contributed by atoms with E-state index in [0.717, 1.165) is 24.1 Å². The van der Waals surface area contributed by atoms with Crippen LogP contribution in [0.25, 0.3) is 22.4 Å². The van der Waals surface area contributed by atoms with E-state index in [9.17, 15) is 4.79 Å². The molecule has 1 aliphatic carbocycles. The Morgan fingerprint density at radius 1 is 1.20 bits per heavy atom. The standard InChI is InChI=1S/C22H21N5O3/c1-13-17(18-19(24-12-25-21(18)30-13)27(3)22(2)7-8-22)20(28)26-15-4-5-16(23-10-15)14-6-9-29-11-14/h4-6,9-12H,7-8H2,1-3H3,(H,26,28). The van der Waals surface area contributed by atoms with E-state index in [0.29, 0.717) is 33.9 Å². The molecule has 4 aromatic rings. The largest absolute Gasteiger partial charge is 0.472 e. The number of carbonyl (C=O) groups excluding carboxylic acids is 1. The summed E-state index contributed by atoms with van der Waals surface area (Å²) in [6, 6.07) is 5.47. The highest BCUT2D eigenvalue weighted by atomic mass is 16.3. The zero-order valence-corrected chi connectivity index (χ0v) is 17.0. The molecule has 1 amide bonds. The molecule has 0 spiro atoms.